The molecule has 1 aromatic rings. The first kappa shape index (κ1) is 11.6. The molecule has 0 aliphatic rings. The lowest BCUT2D eigenvalue weighted by Crippen LogP contribution is -1.86. The van der Waals surface area contributed by atoms with Crippen molar-refractivity contribution in [3.05, 3.63) is 34.9 Å². The van der Waals surface area contributed by atoms with Gasteiger partial charge >= 0.3 is 0 Å². The van der Waals surface area contributed by atoms with Gasteiger partial charge in [-0.05, 0) is 23.8 Å². The second-order valence-electron chi connectivity index (χ2n) is 2.73. The average molecular weight is 227 g/mol. The van der Waals surface area contributed by atoms with Crippen molar-refractivity contribution in [3.63, 3.8) is 0 Å². The first-order chi connectivity index (χ1) is 7.27. The zero-order valence-electron chi connectivity index (χ0n) is 8.27. The van der Waals surface area contributed by atoms with Crippen LogP contribution in [-0.4, -0.2) is 20.2 Å². The van der Waals surface area contributed by atoms with E-state index in [4.69, 9.17) is 16.3 Å². The Bertz CT molecular complexity index is 361. The van der Waals surface area contributed by atoms with E-state index >= 15 is 0 Å². The fraction of sp³-hybridized carbons (Fsp3) is 0.182. The van der Waals surface area contributed by atoms with Gasteiger partial charge < -0.3 is 9.47 Å². The van der Waals surface area contributed by atoms with Gasteiger partial charge in [0.2, 0.25) is 0 Å². The van der Waals surface area contributed by atoms with Gasteiger partial charge in [-0.1, -0.05) is 23.7 Å². The van der Waals surface area contributed by atoms with E-state index in [9.17, 15) is 4.79 Å². The number of methoxy groups -OCH3 is 1. The molecule has 0 fully saturated rings. The summed E-state index contributed by atoms with van der Waals surface area (Å²) in [5, 5.41) is 0.552. The molecule has 0 heterocycles. The van der Waals surface area contributed by atoms with Crippen LogP contribution in [0.25, 0.3) is 6.08 Å². The summed E-state index contributed by atoms with van der Waals surface area (Å²) in [6, 6.07) is 5.42. The molecular weight excluding hydrogens is 216 g/mol. The molecule has 15 heavy (non-hydrogen) atoms. The first-order valence-electron chi connectivity index (χ1n) is 4.33. The minimum atomic E-state index is 0.257. The minimum absolute atomic E-state index is 0.257. The molecule has 80 valence electrons. The predicted octanol–water partition coefficient (Wildman–Crippen LogP) is 2.53. The number of benzene rings is 1. The maximum atomic E-state index is 9.86. The summed E-state index contributed by atoms with van der Waals surface area (Å²) in [7, 11) is 1.56. The SMILES string of the molecule is COc1ccc(/C=C/COC=O)cc1Cl. The monoisotopic (exact) mass is 226 g/mol. The predicted molar refractivity (Wildman–Crippen MR) is 59.1 cm³/mol. The third-order valence-electron chi connectivity index (χ3n) is 1.75. The average Bonchev–Trinajstić information content (AvgIpc) is 2.25. The van der Waals surface area contributed by atoms with Crippen LogP contribution in [-0.2, 0) is 9.53 Å². The number of hydrogen-bond acceptors (Lipinski definition) is 3. The zero-order chi connectivity index (χ0) is 11.1. The Morgan fingerprint density at radius 3 is 2.87 bits per heavy atom. The van der Waals surface area contributed by atoms with Crippen molar-refractivity contribution >= 4 is 24.1 Å². The van der Waals surface area contributed by atoms with Crippen LogP contribution in [0.4, 0.5) is 0 Å². The van der Waals surface area contributed by atoms with Crippen LogP contribution in [0.1, 0.15) is 5.56 Å². The van der Waals surface area contributed by atoms with Gasteiger partial charge in [0.05, 0.1) is 12.1 Å². The molecule has 1 rings (SSSR count). The van der Waals surface area contributed by atoms with Gasteiger partial charge in [0.25, 0.3) is 6.47 Å². The summed E-state index contributed by atoms with van der Waals surface area (Å²) in [4.78, 5) is 9.86. The van der Waals surface area contributed by atoms with E-state index in [1.54, 1.807) is 25.3 Å². The summed E-state index contributed by atoms with van der Waals surface area (Å²) in [5.74, 6) is 0.637. The van der Waals surface area contributed by atoms with Gasteiger partial charge in [-0.3, -0.25) is 4.79 Å². The molecule has 0 aromatic heterocycles. The van der Waals surface area contributed by atoms with E-state index in [1.807, 2.05) is 12.1 Å². The molecule has 0 aliphatic heterocycles. The molecule has 0 saturated carbocycles. The summed E-state index contributed by atoms with van der Waals surface area (Å²) in [6.07, 6.45) is 3.54. The lowest BCUT2D eigenvalue weighted by Gasteiger charge is -2.02. The summed E-state index contributed by atoms with van der Waals surface area (Å²) in [6.45, 7) is 0.665. The summed E-state index contributed by atoms with van der Waals surface area (Å²) < 4.78 is 9.52. The van der Waals surface area contributed by atoms with Gasteiger partial charge in [0.1, 0.15) is 12.4 Å². The van der Waals surface area contributed by atoms with Gasteiger partial charge in [-0.15, -0.1) is 0 Å². The fourth-order valence-electron chi connectivity index (χ4n) is 1.07. The Labute approximate surface area is 93.3 Å². The second kappa shape index (κ2) is 6.09. The lowest BCUT2D eigenvalue weighted by molar-refractivity contribution is -0.127. The molecule has 3 nitrogen and oxygen atoms in total. The minimum Gasteiger partial charge on any atom is -0.495 e. The molecule has 0 bridgehead atoms. The smallest absolute Gasteiger partial charge is 0.293 e. The topological polar surface area (TPSA) is 35.5 Å². The number of ether oxygens (including phenoxy) is 2. The highest BCUT2D eigenvalue weighted by molar-refractivity contribution is 6.32. The quantitative estimate of drug-likeness (QED) is 0.572. The molecule has 0 radical (unpaired) electrons. The number of hydrogen-bond donors (Lipinski definition) is 0. The molecule has 0 unspecified atom stereocenters. The number of halogens is 1. The van der Waals surface area contributed by atoms with Crippen LogP contribution in [0.3, 0.4) is 0 Å². The van der Waals surface area contributed by atoms with Gasteiger partial charge in [-0.25, -0.2) is 0 Å². The van der Waals surface area contributed by atoms with Crippen molar-refractivity contribution in [1.29, 1.82) is 0 Å². The highest BCUT2D eigenvalue weighted by atomic mass is 35.5. The van der Waals surface area contributed by atoms with Crippen LogP contribution < -0.4 is 4.74 Å². The van der Waals surface area contributed by atoms with Gasteiger partial charge in [0, 0.05) is 0 Å². The summed E-state index contributed by atoms with van der Waals surface area (Å²) in [5.41, 5.74) is 0.926. The van der Waals surface area contributed by atoms with E-state index in [1.165, 1.54) is 0 Å². The molecule has 4 heteroatoms. The molecule has 0 amide bonds. The maximum absolute atomic E-state index is 9.86. The molecule has 0 spiro atoms. The standard InChI is InChI=1S/C11H11ClO3/c1-14-11-5-4-9(7-10(11)12)3-2-6-15-8-13/h2-5,7-8H,6H2,1H3/b3-2+. The van der Waals surface area contributed by atoms with E-state index in [2.05, 4.69) is 4.74 Å². The Hall–Kier alpha value is -1.48. The van der Waals surface area contributed by atoms with E-state index < -0.39 is 0 Å². The Balaban J connectivity index is 2.66. The first-order valence-corrected chi connectivity index (χ1v) is 4.71. The Morgan fingerprint density at radius 1 is 1.47 bits per heavy atom. The van der Waals surface area contributed by atoms with Crippen molar-refractivity contribution in [3.8, 4) is 5.75 Å². The van der Waals surface area contributed by atoms with Crippen LogP contribution >= 0.6 is 11.6 Å². The van der Waals surface area contributed by atoms with Crippen LogP contribution in [0.15, 0.2) is 24.3 Å². The second-order valence-corrected chi connectivity index (χ2v) is 3.13. The Morgan fingerprint density at radius 2 is 2.27 bits per heavy atom. The van der Waals surface area contributed by atoms with Crippen LogP contribution in [0, 0.1) is 0 Å². The van der Waals surface area contributed by atoms with Crippen LogP contribution in [0.2, 0.25) is 5.02 Å². The maximum Gasteiger partial charge on any atom is 0.293 e. The number of carbonyl (C=O) groups excluding carboxylic acids is 1. The van der Waals surface area contributed by atoms with Crippen molar-refractivity contribution in [2.45, 2.75) is 0 Å². The van der Waals surface area contributed by atoms with Crippen molar-refractivity contribution in [1.82, 2.24) is 0 Å². The molecule has 0 N–H and O–H groups in total. The van der Waals surface area contributed by atoms with Crippen LogP contribution in [0.5, 0.6) is 5.75 Å². The number of rotatable bonds is 5. The third kappa shape index (κ3) is 3.64. The zero-order valence-corrected chi connectivity index (χ0v) is 9.03. The summed E-state index contributed by atoms with van der Waals surface area (Å²) >= 11 is 5.92. The van der Waals surface area contributed by atoms with E-state index in [-0.39, 0.29) is 6.61 Å². The lowest BCUT2D eigenvalue weighted by atomic mass is 10.2. The normalized spacial score (nSPS) is 10.3. The largest absolute Gasteiger partial charge is 0.495 e. The highest BCUT2D eigenvalue weighted by Gasteiger charge is 1.98. The molecule has 0 saturated heterocycles. The Kier molecular flexibility index (Phi) is 4.71. The van der Waals surface area contributed by atoms with E-state index in [0.717, 1.165) is 5.56 Å². The van der Waals surface area contributed by atoms with Crippen molar-refractivity contribution in [2.24, 2.45) is 0 Å². The molecule has 0 atom stereocenters. The molecule has 1 aromatic carbocycles. The molecule has 0 aliphatic carbocycles. The number of carbonyl (C=O) groups is 1. The highest BCUT2D eigenvalue weighted by Crippen LogP contribution is 2.25. The van der Waals surface area contributed by atoms with Gasteiger partial charge in [-0.2, -0.15) is 0 Å². The van der Waals surface area contributed by atoms with Crippen molar-refractivity contribution in [2.75, 3.05) is 13.7 Å². The third-order valence-corrected chi connectivity index (χ3v) is 2.04. The van der Waals surface area contributed by atoms with Gasteiger partial charge in [0.15, 0.2) is 0 Å². The van der Waals surface area contributed by atoms with E-state index in [0.29, 0.717) is 17.2 Å². The van der Waals surface area contributed by atoms with Crippen molar-refractivity contribution < 1.29 is 14.3 Å². The fourth-order valence-corrected chi connectivity index (χ4v) is 1.33. The molecular formula is C11H11ClO3.